The van der Waals surface area contributed by atoms with Gasteiger partial charge in [0.15, 0.2) is 0 Å². The lowest BCUT2D eigenvalue weighted by molar-refractivity contribution is -0.128. The van der Waals surface area contributed by atoms with Gasteiger partial charge in [0.2, 0.25) is 5.91 Å². The zero-order chi connectivity index (χ0) is 20.9. The fourth-order valence-electron chi connectivity index (χ4n) is 3.60. The molecule has 1 fully saturated rings. The summed E-state index contributed by atoms with van der Waals surface area (Å²) in [5, 5.41) is 2.77. The summed E-state index contributed by atoms with van der Waals surface area (Å²) in [6.45, 7) is 1.97. The third-order valence-electron chi connectivity index (χ3n) is 5.17. The SMILES string of the molecule is O=C(NCc1ccc(-c2ccco2)cc1F)C(c1ccccc1F)N1CCOCC1. The van der Waals surface area contributed by atoms with Crippen molar-refractivity contribution in [2.75, 3.05) is 26.3 Å². The van der Waals surface area contributed by atoms with Crippen molar-refractivity contribution in [2.45, 2.75) is 12.6 Å². The van der Waals surface area contributed by atoms with E-state index in [1.807, 2.05) is 4.90 Å². The molecule has 0 bridgehead atoms. The number of amides is 1. The molecule has 1 atom stereocenters. The van der Waals surface area contributed by atoms with Gasteiger partial charge in [-0.05, 0) is 24.3 Å². The average molecular weight is 412 g/mol. The Morgan fingerprint density at radius 1 is 1.03 bits per heavy atom. The van der Waals surface area contributed by atoms with Crippen LogP contribution in [0.25, 0.3) is 11.3 Å². The number of carbonyl (C=O) groups is 1. The first kappa shape index (κ1) is 20.3. The van der Waals surface area contributed by atoms with Gasteiger partial charge in [-0.3, -0.25) is 9.69 Å². The number of nitrogens with one attached hydrogen (secondary N) is 1. The van der Waals surface area contributed by atoms with Gasteiger partial charge in [-0.25, -0.2) is 8.78 Å². The number of rotatable bonds is 6. The molecule has 3 aromatic rings. The maximum absolute atomic E-state index is 14.6. The summed E-state index contributed by atoms with van der Waals surface area (Å²) < 4.78 is 39.7. The second kappa shape index (κ2) is 9.19. The van der Waals surface area contributed by atoms with Crippen LogP contribution in [0.3, 0.4) is 0 Å². The summed E-state index contributed by atoms with van der Waals surface area (Å²) in [4.78, 5) is 14.9. The van der Waals surface area contributed by atoms with Crippen molar-refractivity contribution in [2.24, 2.45) is 0 Å². The second-order valence-corrected chi connectivity index (χ2v) is 7.07. The van der Waals surface area contributed by atoms with Gasteiger partial charge in [0.1, 0.15) is 23.4 Å². The van der Waals surface area contributed by atoms with Gasteiger partial charge in [-0.2, -0.15) is 0 Å². The zero-order valence-corrected chi connectivity index (χ0v) is 16.3. The number of halogens is 2. The van der Waals surface area contributed by atoms with E-state index in [1.54, 1.807) is 42.5 Å². The predicted octanol–water partition coefficient (Wildman–Crippen LogP) is 3.91. The molecule has 156 valence electrons. The molecule has 1 saturated heterocycles. The molecule has 1 aliphatic rings. The van der Waals surface area contributed by atoms with Gasteiger partial charge >= 0.3 is 0 Å². The molecule has 5 nitrogen and oxygen atoms in total. The third-order valence-corrected chi connectivity index (χ3v) is 5.17. The first-order chi connectivity index (χ1) is 14.6. The maximum atomic E-state index is 14.6. The van der Waals surface area contributed by atoms with Gasteiger partial charge in [0.05, 0.1) is 19.5 Å². The highest BCUT2D eigenvalue weighted by atomic mass is 19.1. The highest BCUT2D eigenvalue weighted by Gasteiger charge is 2.31. The summed E-state index contributed by atoms with van der Waals surface area (Å²) in [6.07, 6.45) is 1.52. The fraction of sp³-hybridized carbons (Fsp3) is 0.261. The fourth-order valence-corrected chi connectivity index (χ4v) is 3.60. The highest BCUT2D eigenvalue weighted by molar-refractivity contribution is 5.83. The van der Waals surface area contributed by atoms with Gasteiger partial charge < -0.3 is 14.5 Å². The average Bonchev–Trinajstić information content (AvgIpc) is 3.30. The highest BCUT2D eigenvalue weighted by Crippen LogP contribution is 2.26. The molecule has 0 spiro atoms. The number of ether oxygens (including phenoxy) is 1. The van der Waals surface area contributed by atoms with Crippen molar-refractivity contribution in [1.29, 1.82) is 0 Å². The summed E-state index contributed by atoms with van der Waals surface area (Å²) >= 11 is 0. The van der Waals surface area contributed by atoms with Crippen molar-refractivity contribution in [3.05, 3.63) is 83.6 Å². The normalized spacial score (nSPS) is 15.7. The van der Waals surface area contributed by atoms with Crippen LogP contribution in [0, 0.1) is 11.6 Å². The lowest BCUT2D eigenvalue weighted by atomic mass is 10.0. The zero-order valence-electron chi connectivity index (χ0n) is 16.3. The summed E-state index contributed by atoms with van der Waals surface area (Å²) in [5.74, 6) is -0.705. The largest absolute Gasteiger partial charge is 0.464 e. The van der Waals surface area contributed by atoms with Gasteiger partial charge in [-0.1, -0.05) is 30.3 Å². The minimum Gasteiger partial charge on any atom is -0.464 e. The Bertz CT molecular complexity index is 1000. The maximum Gasteiger partial charge on any atom is 0.242 e. The van der Waals surface area contributed by atoms with Crippen LogP contribution in [0.2, 0.25) is 0 Å². The van der Waals surface area contributed by atoms with Crippen molar-refractivity contribution in [1.82, 2.24) is 10.2 Å². The molecule has 1 N–H and O–H groups in total. The van der Waals surface area contributed by atoms with Crippen LogP contribution in [0.5, 0.6) is 0 Å². The van der Waals surface area contributed by atoms with E-state index >= 15 is 0 Å². The van der Waals surface area contributed by atoms with E-state index in [-0.39, 0.29) is 12.5 Å². The molecule has 1 aliphatic heterocycles. The van der Waals surface area contributed by atoms with Crippen LogP contribution in [-0.4, -0.2) is 37.1 Å². The molecular weight excluding hydrogens is 390 g/mol. The Morgan fingerprint density at radius 2 is 1.83 bits per heavy atom. The van der Waals surface area contributed by atoms with E-state index < -0.39 is 17.7 Å². The molecule has 0 aliphatic carbocycles. The van der Waals surface area contributed by atoms with E-state index in [2.05, 4.69) is 5.32 Å². The van der Waals surface area contributed by atoms with Crippen molar-refractivity contribution in [3.8, 4) is 11.3 Å². The Hall–Kier alpha value is -3.03. The number of benzene rings is 2. The number of hydrogen-bond donors (Lipinski definition) is 1. The minimum absolute atomic E-state index is 0.00159. The number of nitrogens with zero attached hydrogens (tertiary/aromatic N) is 1. The van der Waals surface area contributed by atoms with E-state index in [1.165, 1.54) is 18.4 Å². The van der Waals surface area contributed by atoms with Gasteiger partial charge in [0.25, 0.3) is 0 Å². The molecule has 0 radical (unpaired) electrons. The number of morpholine rings is 1. The van der Waals surface area contributed by atoms with Crippen molar-refractivity contribution in [3.63, 3.8) is 0 Å². The predicted molar refractivity (Wildman–Crippen MR) is 107 cm³/mol. The molecule has 2 aromatic carbocycles. The van der Waals surface area contributed by atoms with Crippen LogP contribution in [0.4, 0.5) is 8.78 Å². The van der Waals surface area contributed by atoms with Crippen LogP contribution in [0.1, 0.15) is 17.2 Å². The van der Waals surface area contributed by atoms with E-state index in [0.717, 1.165) is 0 Å². The Labute approximate surface area is 173 Å². The first-order valence-electron chi connectivity index (χ1n) is 9.80. The summed E-state index contributed by atoms with van der Waals surface area (Å²) in [6, 6.07) is 13.6. The van der Waals surface area contributed by atoms with Crippen LogP contribution < -0.4 is 5.32 Å². The topological polar surface area (TPSA) is 54.7 Å². The minimum atomic E-state index is -0.805. The smallest absolute Gasteiger partial charge is 0.242 e. The molecule has 2 heterocycles. The van der Waals surface area contributed by atoms with E-state index in [0.29, 0.717) is 48.8 Å². The standard InChI is InChI=1S/C23H22F2N2O3/c24-19-5-2-1-4-18(19)22(27-9-12-29-13-10-27)23(28)26-15-17-8-7-16(14-20(17)25)21-6-3-11-30-21/h1-8,11,14,22H,9-10,12-13,15H2,(H,26,28). The summed E-state index contributed by atoms with van der Waals surface area (Å²) in [7, 11) is 0. The van der Waals surface area contributed by atoms with Crippen LogP contribution in [0.15, 0.2) is 65.3 Å². The Morgan fingerprint density at radius 3 is 2.53 bits per heavy atom. The molecule has 1 amide bonds. The van der Waals surface area contributed by atoms with Crippen LogP contribution >= 0.6 is 0 Å². The van der Waals surface area contributed by atoms with Crippen molar-refractivity contribution >= 4 is 5.91 Å². The summed E-state index contributed by atoms with van der Waals surface area (Å²) in [5.41, 5.74) is 1.25. The van der Waals surface area contributed by atoms with Gasteiger partial charge in [-0.15, -0.1) is 0 Å². The molecule has 7 heteroatoms. The lowest BCUT2D eigenvalue weighted by Crippen LogP contribution is -2.46. The monoisotopic (exact) mass is 412 g/mol. The molecule has 30 heavy (non-hydrogen) atoms. The quantitative estimate of drug-likeness (QED) is 0.667. The number of carbonyl (C=O) groups excluding carboxylic acids is 1. The third kappa shape index (κ3) is 4.42. The van der Waals surface area contributed by atoms with Crippen molar-refractivity contribution < 1.29 is 22.7 Å². The molecule has 1 aromatic heterocycles. The first-order valence-corrected chi connectivity index (χ1v) is 9.80. The van der Waals surface area contributed by atoms with Crippen LogP contribution in [-0.2, 0) is 16.1 Å². The Balaban J connectivity index is 1.51. The molecular formula is C23H22F2N2O3. The Kier molecular flexibility index (Phi) is 6.21. The lowest BCUT2D eigenvalue weighted by Gasteiger charge is -2.34. The molecule has 0 saturated carbocycles. The van der Waals surface area contributed by atoms with E-state index in [4.69, 9.17) is 9.15 Å². The van der Waals surface area contributed by atoms with E-state index in [9.17, 15) is 13.6 Å². The van der Waals surface area contributed by atoms with Gasteiger partial charge in [0, 0.05) is 36.3 Å². The number of hydrogen-bond acceptors (Lipinski definition) is 4. The number of furan rings is 1. The molecule has 4 rings (SSSR count). The second-order valence-electron chi connectivity index (χ2n) is 7.07. The molecule has 1 unspecified atom stereocenters.